The molecular formula is C22H22ClF2N5O2S. The summed E-state index contributed by atoms with van der Waals surface area (Å²) in [6.07, 6.45) is -0.975. The van der Waals surface area contributed by atoms with Crippen LogP contribution in [0.5, 0.6) is 0 Å². The average molecular weight is 494 g/mol. The van der Waals surface area contributed by atoms with E-state index in [1.54, 1.807) is 17.5 Å². The molecule has 1 heterocycles. The minimum absolute atomic E-state index is 0.0100. The molecule has 0 saturated heterocycles. The summed E-state index contributed by atoms with van der Waals surface area (Å²) in [5, 5.41) is 6.70. The van der Waals surface area contributed by atoms with Crippen molar-refractivity contribution in [2.24, 2.45) is 11.5 Å². The third-order valence-electron chi connectivity index (χ3n) is 4.92. The van der Waals surface area contributed by atoms with E-state index < -0.39 is 35.2 Å². The first-order chi connectivity index (χ1) is 15.7. The average Bonchev–Trinajstić information content (AvgIpc) is 3.32. The van der Waals surface area contributed by atoms with Crippen LogP contribution >= 0.6 is 22.9 Å². The second-order valence-corrected chi connectivity index (χ2v) is 8.50. The van der Waals surface area contributed by atoms with Crippen LogP contribution in [0, 0.1) is 11.6 Å². The summed E-state index contributed by atoms with van der Waals surface area (Å²) in [6, 6.07) is 9.95. The van der Waals surface area contributed by atoms with Gasteiger partial charge in [0.15, 0.2) is 0 Å². The Morgan fingerprint density at radius 2 is 1.91 bits per heavy atom. The number of hydrogen-bond acceptors (Lipinski definition) is 6. The maximum atomic E-state index is 14.5. The lowest BCUT2D eigenvalue weighted by Crippen LogP contribution is -2.34. The van der Waals surface area contributed by atoms with Gasteiger partial charge in [0.05, 0.1) is 15.8 Å². The predicted octanol–water partition coefficient (Wildman–Crippen LogP) is 3.72. The lowest BCUT2D eigenvalue weighted by molar-refractivity contribution is -0.117. The molecule has 2 unspecified atom stereocenters. The quantitative estimate of drug-likeness (QED) is 0.185. The van der Waals surface area contributed by atoms with Crippen molar-refractivity contribution in [2.75, 3.05) is 17.6 Å². The van der Waals surface area contributed by atoms with Crippen molar-refractivity contribution in [3.8, 4) is 0 Å². The Balaban J connectivity index is 1.83. The highest BCUT2D eigenvalue weighted by Gasteiger charge is 2.28. The zero-order valence-electron chi connectivity index (χ0n) is 17.3. The summed E-state index contributed by atoms with van der Waals surface area (Å²) in [6.45, 7) is 0.0100. The molecule has 0 aliphatic carbocycles. The Hall–Kier alpha value is -3.05. The van der Waals surface area contributed by atoms with Crippen molar-refractivity contribution in [1.29, 1.82) is 0 Å². The molecule has 8 N–H and O–H groups in total. The van der Waals surface area contributed by atoms with E-state index in [0.717, 1.165) is 12.1 Å². The number of hydrogen-bond donors (Lipinski definition) is 5. The molecule has 3 aromatic rings. The van der Waals surface area contributed by atoms with Crippen molar-refractivity contribution >= 4 is 46.1 Å². The number of benzene rings is 2. The lowest BCUT2D eigenvalue weighted by Gasteiger charge is -2.20. The molecular weight excluding hydrogens is 472 g/mol. The number of amides is 2. The Morgan fingerprint density at radius 3 is 2.58 bits per heavy atom. The maximum Gasteiger partial charge on any atom is 0.262 e. The van der Waals surface area contributed by atoms with Gasteiger partial charge in [0.2, 0.25) is 5.91 Å². The number of carbonyl (C=O) groups is 2. The summed E-state index contributed by atoms with van der Waals surface area (Å²) in [7, 11) is 0. The molecule has 0 fully saturated rings. The van der Waals surface area contributed by atoms with Gasteiger partial charge in [0, 0.05) is 22.5 Å². The van der Waals surface area contributed by atoms with Crippen molar-refractivity contribution in [2.45, 2.75) is 18.5 Å². The molecule has 2 aromatic carbocycles. The number of rotatable bonds is 8. The topological polar surface area (TPSA) is 136 Å². The Kier molecular flexibility index (Phi) is 7.98. The van der Waals surface area contributed by atoms with Gasteiger partial charge < -0.3 is 27.8 Å². The van der Waals surface area contributed by atoms with Gasteiger partial charge in [-0.05, 0) is 54.7 Å². The molecule has 0 spiro atoms. The summed E-state index contributed by atoms with van der Waals surface area (Å²) in [4.78, 5) is 25.7. The Labute approximate surface area is 197 Å². The Morgan fingerprint density at radius 1 is 1.15 bits per heavy atom. The third-order valence-corrected chi connectivity index (χ3v) is 6.08. The van der Waals surface area contributed by atoms with E-state index in [2.05, 4.69) is 10.6 Å². The molecule has 11 heteroatoms. The van der Waals surface area contributed by atoms with E-state index in [-0.39, 0.29) is 35.3 Å². The molecule has 0 aliphatic heterocycles. The standard InChI is InChI=1S/C22H22ClF2N5O2S/c23-14-4-5-15(24)18(19(14)25)12(7-8-26)21(31)29-11-3-6-16(27)13(10-11)20(28)30-22(32)17-2-1-9-33-17/h1-6,9-10,12,20H,7-8,26-28H2,(H,29,31)(H,30,32). The minimum atomic E-state index is -1.22. The smallest absolute Gasteiger partial charge is 0.262 e. The number of nitrogens with two attached hydrogens (primary N) is 3. The molecule has 2 amide bonds. The lowest BCUT2D eigenvalue weighted by atomic mass is 9.93. The summed E-state index contributed by atoms with van der Waals surface area (Å²) >= 11 is 7.04. The molecule has 3 rings (SSSR count). The van der Waals surface area contributed by atoms with Gasteiger partial charge in [0.1, 0.15) is 17.8 Å². The highest BCUT2D eigenvalue weighted by molar-refractivity contribution is 7.12. The van der Waals surface area contributed by atoms with Crippen LogP contribution in [0.1, 0.15) is 39.3 Å². The van der Waals surface area contributed by atoms with E-state index in [1.807, 2.05) is 0 Å². The fourth-order valence-corrected chi connectivity index (χ4v) is 4.08. The molecule has 0 saturated carbocycles. The van der Waals surface area contributed by atoms with E-state index in [4.69, 9.17) is 28.8 Å². The molecule has 174 valence electrons. The zero-order chi connectivity index (χ0) is 24.1. The number of nitrogens with one attached hydrogen (secondary N) is 2. The van der Waals surface area contributed by atoms with Crippen molar-refractivity contribution in [1.82, 2.24) is 5.32 Å². The van der Waals surface area contributed by atoms with E-state index in [0.29, 0.717) is 10.4 Å². The summed E-state index contributed by atoms with van der Waals surface area (Å²) in [5.74, 6) is -4.20. The van der Waals surface area contributed by atoms with Crippen LogP contribution in [0.25, 0.3) is 0 Å². The maximum absolute atomic E-state index is 14.5. The van der Waals surface area contributed by atoms with Crippen LogP contribution in [0.3, 0.4) is 0 Å². The molecule has 0 bridgehead atoms. The SMILES string of the molecule is NCCC(C(=O)Nc1ccc(N)c(C(N)NC(=O)c2cccs2)c1)c1c(F)ccc(Cl)c1F. The normalized spacial score (nSPS) is 12.8. The van der Waals surface area contributed by atoms with Crippen molar-refractivity contribution < 1.29 is 18.4 Å². The second kappa shape index (κ2) is 10.7. The summed E-state index contributed by atoms with van der Waals surface area (Å²) in [5.41, 5.74) is 18.1. The molecule has 33 heavy (non-hydrogen) atoms. The summed E-state index contributed by atoms with van der Waals surface area (Å²) < 4.78 is 28.9. The molecule has 7 nitrogen and oxygen atoms in total. The van der Waals surface area contributed by atoms with E-state index in [9.17, 15) is 18.4 Å². The van der Waals surface area contributed by atoms with Gasteiger partial charge in [-0.15, -0.1) is 11.3 Å². The number of halogens is 3. The van der Waals surface area contributed by atoms with Gasteiger partial charge in [-0.1, -0.05) is 17.7 Å². The fraction of sp³-hybridized carbons (Fsp3) is 0.182. The molecule has 1 aromatic heterocycles. The number of thiophene rings is 1. The van der Waals surface area contributed by atoms with Gasteiger partial charge in [-0.25, -0.2) is 8.78 Å². The second-order valence-electron chi connectivity index (χ2n) is 7.15. The Bertz CT molecular complexity index is 1160. The van der Waals surface area contributed by atoms with Crippen molar-refractivity contribution in [3.05, 3.63) is 80.5 Å². The van der Waals surface area contributed by atoms with Crippen LogP contribution < -0.4 is 27.8 Å². The zero-order valence-corrected chi connectivity index (χ0v) is 18.9. The van der Waals surface area contributed by atoms with Crippen LogP contribution in [0.2, 0.25) is 5.02 Å². The van der Waals surface area contributed by atoms with Gasteiger partial charge in [-0.3, -0.25) is 9.59 Å². The first-order valence-corrected chi connectivity index (χ1v) is 11.1. The minimum Gasteiger partial charge on any atom is -0.398 e. The number of anilines is 2. The molecule has 0 radical (unpaired) electrons. The van der Waals surface area contributed by atoms with Crippen LogP contribution in [-0.2, 0) is 4.79 Å². The first kappa shape index (κ1) is 24.6. The monoisotopic (exact) mass is 493 g/mol. The van der Waals surface area contributed by atoms with Crippen LogP contribution in [0.4, 0.5) is 20.2 Å². The van der Waals surface area contributed by atoms with Crippen molar-refractivity contribution in [3.63, 3.8) is 0 Å². The highest BCUT2D eigenvalue weighted by atomic mass is 35.5. The molecule has 0 aliphatic rings. The molecule has 2 atom stereocenters. The third kappa shape index (κ3) is 5.66. The van der Waals surface area contributed by atoms with E-state index >= 15 is 0 Å². The highest BCUT2D eigenvalue weighted by Crippen LogP contribution is 2.31. The van der Waals surface area contributed by atoms with Crippen LogP contribution in [0.15, 0.2) is 47.8 Å². The van der Waals surface area contributed by atoms with Gasteiger partial charge in [-0.2, -0.15) is 0 Å². The van der Waals surface area contributed by atoms with Gasteiger partial charge >= 0.3 is 0 Å². The largest absolute Gasteiger partial charge is 0.398 e. The fourth-order valence-electron chi connectivity index (χ4n) is 3.28. The number of nitrogen functional groups attached to an aromatic ring is 1. The van der Waals surface area contributed by atoms with Crippen LogP contribution in [-0.4, -0.2) is 18.4 Å². The van der Waals surface area contributed by atoms with E-state index in [1.165, 1.54) is 29.5 Å². The number of carbonyl (C=O) groups excluding carboxylic acids is 2. The van der Waals surface area contributed by atoms with Gasteiger partial charge in [0.25, 0.3) is 5.91 Å². The predicted molar refractivity (Wildman–Crippen MR) is 126 cm³/mol. The first-order valence-electron chi connectivity index (χ1n) is 9.86.